The molecule has 3 heteroatoms. The van der Waals surface area contributed by atoms with Gasteiger partial charge in [0, 0.05) is 6.42 Å². The number of allylic oxidation sites excluding steroid dienone is 1. The van der Waals surface area contributed by atoms with Gasteiger partial charge in [-0.05, 0) is 37.0 Å². The van der Waals surface area contributed by atoms with Crippen molar-refractivity contribution in [1.82, 2.24) is 0 Å². The van der Waals surface area contributed by atoms with Gasteiger partial charge in [-0.3, -0.25) is 4.79 Å². The summed E-state index contributed by atoms with van der Waals surface area (Å²) < 4.78 is 10.9. The minimum Gasteiger partial charge on any atom is -0.497 e. The molecule has 3 nitrogen and oxygen atoms in total. The largest absolute Gasteiger partial charge is 0.497 e. The lowest BCUT2D eigenvalue weighted by Gasteiger charge is -2.25. The third-order valence-corrected chi connectivity index (χ3v) is 3.99. The molecule has 0 saturated heterocycles. The Balaban J connectivity index is 1.89. The predicted octanol–water partition coefficient (Wildman–Crippen LogP) is 3.53. The van der Waals surface area contributed by atoms with Crippen LogP contribution in [-0.2, 0) is 16.1 Å². The molecule has 0 heterocycles. The predicted molar refractivity (Wildman–Crippen MR) is 78.8 cm³/mol. The number of hydrogen-bond donors (Lipinski definition) is 0. The number of Topliss-reactive ketones (excluding diaryl/α,β-unsaturated/α-hetero) is 1. The molecule has 2 rings (SSSR count). The van der Waals surface area contributed by atoms with E-state index in [1.807, 2.05) is 30.3 Å². The monoisotopic (exact) mass is 274 g/mol. The number of ether oxygens (including phenoxy) is 2. The number of carbonyl (C=O) groups is 1. The molecule has 108 valence electrons. The second-order valence-corrected chi connectivity index (χ2v) is 5.39. The molecule has 1 atom stereocenters. The van der Waals surface area contributed by atoms with E-state index in [2.05, 4.69) is 6.58 Å². The zero-order valence-corrected chi connectivity index (χ0v) is 12.1. The zero-order valence-electron chi connectivity index (χ0n) is 12.1. The van der Waals surface area contributed by atoms with Crippen molar-refractivity contribution >= 4 is 5.78 Å². The summed E-state index contributed by atoms with van der Waals surface area (Å²) in [6, 6.07) is 7.79. The minimum atomic E-state index is -0.325. The van der Waals surface area contributed by atoms with Crippen LogP contribution in [0, 0.1) is 5.41 Å². The Morgan fingerprint density at radius 3 is 2.65 bits per heavy atom. The topological polar surface area (TPSA) is 35.5 Å². The van der Waals surface area contributed by atoms with Crippen molar-refractivity contribution < 1.29 is 14.3 Å². The van der Waals surface area contributed by atoms with Crippen LogP contribution in [0.4, 0.5) is 0 Å². The van der Waals surface area contributed by atoms with Crippen LogP contribution in [0.15, 0.2) is 36.9 Å². The molecular weight excluding hydrogens is 252 g/mol. The number of methoxy groups -OCH3 is 1. The number of carbonyl (C=O) groups excluding carboxylic acids is 1. The average Bonchev–Trinajstić information content (AvgIpc) is 2.81. The summed E-state index contributed by atoms with van der Waals surface area (Å²) in [7, 11) is 1.65. The molecular formula is C17H22O3. The molecule has 1 aromatic rings. The van der Waals surface area contributed by atoms with E-state index in [-0.39, 0.29) is 5.41 Å². The van der Waals surface area contributed by atoms with E-state index >= 15 is 0 Å². The van der Waals surface area contributed by atoms with Crippen LogP contribution >= 0.6 is 0 Å². The maximum atomic E-state index is 12.1. The first-order valence-corrected chi connectivity index (χ1v) is 7.05. The van der Waals surface area contributed by atoms with Crippen molar-refractivity contribution in [2.24, 2.45) is 5.41 Å². The maximum absolute atomic E-state index is 12.1. The molecule has 1 saturated carbocycles. The Labute approximate surface area is 120 Å². The van der Waals surface area contributed by atoms with E-state index in [1.165, 1.54) is 0 Å². The van der Waals surface area contributed by atoms with E-state index in [4.69, 9.17) is 9.47 Å². The molecule has 0 bridgehead atoms. The molecule has 0 amide bonds. The molecule has 0 aromatic heterocycles. The molecule has 0 N–H and O–H groups in total. The molecule has 0 unspecified atom stereocenters. The van der Waals surface area contributed by atoms with Gasteiger partial charge in [-0.2, -0.15) is 0 Å². The molecule has 0 aliphatic heterocycles. The Kier molecular flexibility index (Phi) is 4.96. The second-order valence-electron chi connectivity index (χ2n) is 5.39. The third-order valence-electron chi connectivity index (χ3n) is 3.99. The highest BCUT2D eigenvalue weighted by molar-refractivity contribution is 5.87. The van der Waals surface area contributed by atoms with Crippen LogP contribution in [0.25, 0.3) is 0 Å². The van der Waals surface area contributed by atoms with Crippen LogP contribution in [0.2, 0.25) is 0 Å². The van der Waals surface area contributed by atoms with E-state index in [0.29, 0.717) is 31.8 Å². The van der Waals surface area contributed by atoms with Crippen molar-refractivity contribution in [2.45, 2.75) is 32.3 Å². The molecule has 1 aliphatic rings. The summed E-state index contributed by atoms with van der Waals surface area (Å²) in [6.07, 6.45) is 5.12. The fourth-order valence-corrected chi connectivity index (χ4v) is 2.78. The third kappa shape index (κ3) is 3.28. The van der Waals surface area contributed by atoms with Crippen molar-refractivity contribution in [3.8, 4) is 5.75 Å². The second kappa shape index (κ2) is 6.71. The van der Waals surface area contributed by atoms with Gasteiger partial charge in [-0.1, -0.05) is 18.2 Å². The Bertz CT molecular complexity index is 464. The summed E-state index contributed by atoms with van der Waals surface area (Å²) in [5.74, 6) is 1.16. The number of benzene rings is 1. The molecule has 0 spiro atoms. The minimum absolute atomic E-state index is 0.325. The highest BCUT2D eigenvalue weighted by Crippen LogP contribution is 2.38. The van der Waals surface area contributed by atoms with Gasteiger partial charge in [0.1, 0.15) is 11.5 Å². The summed E-state index contributed by atoms with van der Waals surface area (Å²) in [5, 5.41) is 0. The van der Waals surface area contributed by atoms with Crippen LogP contribution in [-0.4, -0.2) is 19.5 Å². The van der Waals surface area contributed by atoms with E-state index < -0.39 is 0 Å². The zero-order chi connectivity index (χ0) is 14.4. The quantitative estimate of drug-likeness (QED) is 0.714. The molecule has 1 fully saturated rings. The molecule has 1 aromatic carbocycles. The van der Waals surface area contributed by atoms with Crippen molar-refractivity contribution in [1.29, 1.82) is 0 Å². The van der Waals surface area contributed by atoms with E-state index in [1.54, 1.807) is 7.11 Å². The van der Waals surface area contributed by atoms with Crippen molar-refractivity contribution in [3.05, 3.63) is 42.5 Å². The summed E-state index contributed by atoms with van der Waals surface area (Å²) in [4.78, 5) is 12.1. The Hall–Kier alpha value is -1.61. The molecule has 1 aliphatic carbocycles. The highest BCUT2D eigenvalue weighted by Gasteiger charge is 2.40. The number of ketones is 1. The van der Waals surface area contributed by atoms with Crippen LogP contribution in [0.1, 0.15) is 31.2 Å². The first kappa shape index (κ1) is 14.8. The average molecular weight is 274 g/mol. The van der Waals surface area contributed by atoms with Gasteiger partial charge in [0.05, 0.1) is 25.7 Å². The SMILES string of the molecule is C=CC[C@@]1(COCc2ccc(OC)cc2)CCCC1=O. The fourth-order valence-electron chi connectivity index (χ4n) is 2.78. The highest BCUT2D eigenvalue weighted by atomic mass is 16.5. The first-order chi connectivity index (χ1) is 9.70. The molecule has 20 heavy (non-hydrogen) atoms. The number of hydrogen-bond acceptors (Lipinski definition) is 3. The Morgan fingerprint density at radius 2 is 2.10 bits per heavy atom. The summed E-state index contributed by atoms with van der Waals surface area (Å²) >= 11 is 0. The number of rotatable bonds is 7. The fraction of sp³-hybridized carbons (Fsp3) is 0.471. The van der Waals surface area contributed by atoms with Crippen LogP contribution < -0.4 is 4.74 Å². The normalized spacial score (nSPS) is 21.9. The smallest absolute Gasteiger partial charge is 0.141 e. The van der Waals surface area contributed by atoms with Gasteiger partial charge in [0.15, 0.2) is 0 Å². The van der Waals surface area contributed by atoms with Gasteiger partial charge >= 0.3 is 0 Å². The van der Waals surface area contributed by atoms with Crippen molar-refractivity contribution in [2.75, 3.05) is 13.7 Å². The lowest BCUT2D eigenvalue weighted by molar-refractivity contribution is -0.129. The van der Waals surface area contributed by atoms with E-state index in [0.717, 1.165) is 24.2 Å². The summed E-state index contributed by atoms with van der Waals surface area (Å²) in [6.45, 7) is 4.78. The lowest BCUT2D eigenvalue weighted by atomic mass is 9.83. The van der Waals surface area contributed by atoms with Gasteiger partial charge in [0.2, 0.25) is 0 Å². The van der Waals surface area contributed by atoms with E-state index in [9.17, 15) is 4.79 Å². The van der Waals surface area contributed by atoms with Gasteiger partial charge in [-0.25, -0.2) is 0 Å². The molecule has 0 radical (unpaired) electrons. The van der Waals surface area contributed by atoms with Crippen LogP contribution in [0.5, 0.6) is 5.75 Å². The lowest BCUT2D eigenvalue weighted by Crippen LogP contribution is -2.30. The van der Waals surface area contributed by atoms with Gasteiger partial charge < -0.3 is 9.47 Å². The summed E-state index contributed by atoms with van der Waals surface area (Å²) in [5.41, 5.74) is 0.763. The van der Waals surface area contributed by atoms with Gasteiger partial charge in [0.25, 0.3) is 0 Å². The van der Waals surface area contributed by atoms with Gasteiger partial charge in [-0.15, -0.1) is 6.58 Å². The van der Waals surface area contributed by atoms with Crippen LogP contribution in [0.3, 0.4) is 0 Å². The standard InChI is InChI=1S/C17H22O3/c1-3-10-17(11-4-5-16(17)18)13-20-12-14-6-8-15(19-2)9-7-14/h3,6-9H,1,4-5,10-13H2,2H3/t17-/m0/s1. The Morgan fingerprint density at radius 1 is 1.35 bits per heavy atom. The maximum Gasteiger partial charge on any atom is 0.141 e. The first-order valence-electron chi connectivity index (χ1n) is 7.05. The van der Waals surface area contributed by atoms with Crippen molar-refractivity contribution in [3.63, 3.8) is 0 Å².